The molecule has 44 heavy (non-hydrogen) atoms. The first-order valence-electron chi connectivity index (χ1n) is 14.2. The van der Waals surface area contributed by atoms with Crippen LogP contribution in [-0.4, -0.2) is 84.7 Å². The van der Waals surface area contributed by atoms with Crippen LogP contribution in [0, 0.1) is 0 Å². The van der Waals surface area contributed by atoms with Crippen molar-refractivity contribution in [1.29, 1.82) is 0 Å². The maximum absolute atomic E-state index is 11.7. The van der Waals surface area contributed by atoms with E-state index in [4.69, 9.17) is 15.2 Å². The predicted molar refractivity (Wildman–Crippen MR) is 181 cm³/mol. The Labute approximate surface area is 261 Å². The van der Waals surface area contributed by atoms with Gasteiger partial charge in [-0.1, -0.05) is 38.0 Å². The molecule has 0 spiro atoms. The molecule has 1 aromatic heterocycles. The number of benzene rings is 1. The molecular formula is C34H46N6O4. The molecule has 4 rings (SSSR count). The van der Waals surface area contributed by atoms with Crippen LogP contribution in [0.3, 0.4) is 0 Å². The normalized spacial score (nSPS) is 14.1. The molecule has 10 heteroatoms. The molecule has 4 N–H and O–H groups in total. The molecule has 0 bridgehead atoms. The third-order valence-corrected chi connectivity index (χ3v) is 6.53. The van der Waals surface area contributed by atoms with E-state index in [1.54, 1.807) is 25.3 Å². The van der Waals surface area contributed by atoms with Crippen molar-refractivity contribution >= 4 is 41.2 Å². The number of carbonyl (C=O) groups excluding carboxylic acids is 2. The molecule has 2 aromatic rings. The van der Waals surface area contributed by atoms with Crippen LogP contribution in [0.5, 0.6) is 0 Å². The van der Waals surface area contributed by atoms with Gasteiger partial charge in [-0.2, -0.15) is 0 Å². The first kappa shape index (κ1) is 37.4. The Balaban J connectivity index is 0.000000962. The van der Waals surface area contributed by atoms with Gasteiger partial charge in [-0.05, 0) is 80.5 Å². The minimum Gasteiger partial charge on any atom is -0.400 e. The summed E-state index contributed by atoms with van der Waals surface area (Å²) in [6.45, 7) is 17.7. The number of likely N-dealkylation sites (N-methyl/N-ethyl adjacent to an activating group) is 1. The number of allylic oxidation sites excluding steroid dienone is 6. The number of aliphatic hydroxyl groups is 2. The van der Waals surface area contributed by atoms with Gasteiger partial charge in [-0.25, -0.2) is 9.97 Å². The van der Waals surface area contributed by atoms with E-state index in [9.17, 15) is 9.59 Å². The number of aldehydes is 1. The van der Waals surface area contributed by atoms with Crippen molar-refractivity contribution in [3.63, 3.8) is 0 Å². The number of hydrogen-bond donors (Lipinski definition) is 4. The summed E-state index contributed by atoms with van der Waals surface area (Å²) in [4.78, 5) is 35.0. The fraction of sp³-hybridized carbons (Fsp3) is 0.294. The number of nitrogens with zero attached hydrogens (tertiary/aromatic N) is 4. The second-order valence-electron chi connectivity index (χ2n) is 9.37. The lowest BCUT2D eigenvalue weighted by molar-refractivity contribution is -0.115. The quantitative estimate of drug-likeness (QED) is 0.242. The van der Waals surface area contributed by atoms with Gasteiger partial charge in [0.1, 0.15) is 6.29 Å². The molecule has 236 valence electrons. The summed E-state index contributed by atoms with van der Waals surface area (Å²) in [5.41, 5.74) is 6.19. The van der Waals surface area contributed by atoms with Gasteiger partial charge in [0.2, 0.25) is 11.9 Å². The minimum atomic E-state index is -0.238. The molecule has 1 saturated heterocycles. The van der Waals surface area contributed by atoms with Gasteiger partial charge in [-0.15, -0.1) is 0 Å². The Morgan fingerprint density at radius 2 is 1.70 bits per heavy atom. The zero-order chi connectivity index (χ0) is 32.9. The average molecular weight is 603 g/mol. The highest BCUT2D eigenvalue weighted by Gasteiger charge is 2.17. The molecule has 1 aliphatic carbocycles. The smallest absolute Gasteiger partial charge is 0.247 e. The van der Waals surface area contributed by atoms with Crippen LogP contribution >= 0.6 is 0 Å². The fourth-order valence-corrected chi connectivity index (χ4v) is 4.24. The largest absolute Gasteiger partial charge is 0.400 e. The summed E-state index contributed by atoms with van der Waals surface area (Å²) >= 11 is 0. The lowest BCUT2D eigenvalue weighted by Gasteiger charge is -2.34. The second kappa shape index (κ2) is 21.1. The standard InChI is InChI=1S/C28H32N6O.C4H6O.2CH4O/c1-5-21-19-29-28(31-23-10-12-25(13-11-23)34-16-14-33(4)15-17-34)32-27(21)20(3)22-8-7-9-24(18-22)30-26(35)6-2;1-2-3-4-5;2*1-2/h5-6,9-13,18-19H,1-3,7-8,14-17H2,4H3,(H,30,35)(H,29,31,32);2-4H,1H3;2*2H,1H3/b;3-2-;;. The number of amides is 1. The SMILES string of the molecule is C/C=C\C=O.C=CC(=O)NC1=CCCC(C(=C)c2nc(Nc3ccc(N4CCN(C)CC4)cc3)ncc2C=C)=C1.CO.CO. The van der Waals surface area contributed by atoms with E-state index in [1.165, 1.54) is 17.8 Å². The Bertz CT molecular complexity index is 1320. The number of carbonyl (C=O) groups is 2. The summed E-state index contributed by atoms with van der Waals surface area (Å²) in [5, 5.41) is 20.1. The monoisotopic (exact) mass is 602 g/mol. The highest BCUT2D eigenvalue weighted by molar-refractivity contribution is 5.89. The highest BCUT2D eigenvalue weighted by atomic mass is 16.2. The van der Waals surface area contributed by atoms with Gasteiger partial charge in [0, 0.05) is 69.2 Å². The van der Waals surface area contributed by atoms with E-state index in [2.05, 4.69) is 76.5 Å². The summed E-state index contributed by atoms with van der Waals surface area (Å²) in [6.07, 6.45) is 14.2. The second-order valence-corrected chi connectivity index (χ2v) is 9.37. The number of rotatable bonds is 9. The molecule has 1 aromatic carbocycles. The lowest BCUT2D eigenvalue weighted by Crippen LogP contribution is -2.44. The van der Waals surface area contributed by atoms with E-state index >= 15 is 0 Å². The summed E-state index contributed by atoms with van der Waals surface area (Å²) in [6, 6.07) is 8.36. The molecule has 0 saturated carbocycles. The van der Waals surface area contributed by atoms with Crippen molar-refractivity contribution in [2.45, 2.75) is 19.8 Å². The van der Waals surface area contributed by atoms with Crippen LogP contribution in [0.1, 0.15) is 31.0 Å². The van der Waals surface area contributed by atoms with Crippen LogP contribution in [0.25, 0.3) is 11.6 Å². The Morgan fingerprint density at radius 1 is 1.05 bits per heavy atom. The number of aliphatic hydroxyl groups excluding tert-OH is 2. The van der Waals surface area contributed by atoms with Gasteiger partial charge in [0.05, 0.1) is 5.69 Å². The van der Waals surface area contributed by atoms with E-state index in [0.29, 0.717) is 11.6 Å². The molecule has 0 unspecified atom stereocenters. The number of hydrogen-bond acceptors (Lipinski definition) is 9. The number of anilines is 3. The zero-order valence-corrected chi connectivity index (χ0v) is 26.3. The van der Waals surface area contributed by atoms with E-state index < -0.39 is 0 Å². The number of piperazine rings is 1. The molecule has 2 aliphatic rings. The van der Waals surface area contributed by atoms with Crippen LogP contribution in [-0.2, 0) is 9.59 Å². The molecule has 0 radical (unpaired) electrons. The zero-order valence-electron chi connectivity index (χ0n) is 26.3. The number of nitrogens with one attached hydrogen (secondary N) is 2. The van der Waals surface area contributed by atoms with Crippen molar-refractivity contribution in [3.05, 3.63) is 103 Å². The van der Waals surface area contributed by atoms with Gasteiger partial charge in [-0.3, -0.25) is 9.59 Å². The Morgan fingerprint density at radius 3 is 2.25 bits per heavy atom. The van der Waals surface area contributed by atoms with Crippen LogP contribution < -0.4 is 15.5 Å². The van der Waals surface area contributed by atoms with Crippen molar-refractivity contribution in [2.75, 3.05) is 57.7 Å². The van der Waals surface area contributed by atoms with Crippen molar-refractivity contribution < 1.29 is 19.8 Å². The van der Waals surface area contributed by atoms with Crippen molar-refractivity contribution in [2.24, 2.45) is 0 Å². The van der Waals surface area contributed by atoms with E-state index in [0.717, 1.165) is 87.6 Å². The van der Waals surface area contributed by atoms with Gasteiger partial charge in [0.25, 0.3) is 0 Å². The molecule has 1 amide bonds. The van der Waals surface area contributed by atoms with Gasteiger partial charge < -0.3 is 30.6 Å². The van der Waals surface area contributed by atoms with Crippen molar-refractivity contribution in [1.82, 2.24) is 20.2 Å². The highest BCUT2D eigenvalue weighted by Crippen LogP contribution is 2.31. The van der Waals surface area contributed by atoms with Gasteiger partial charge in [0.15, 0.2) is 0 Å². The lowest BCUT2D eigenvalue weighted by atomic mass is 9.93. The first-order chi connectivity index (χ1) is 21.4. The molecule has 1 fully saturated rings. The number of aromatic nitrogens is 2. The molecular weight excluding hydrogens is 556 g/mol. The molecule has 0 atom stereocenters. The van der Waals surface area contributed by atoms with Crippen LogP contribution in [0.2, 0.25) is 0 Å². The van der Waals surface area contributed by atoms with Crippen molar-refractivity contribution in [3.8, 4) is 0 Å². The Hall–Kier alpha value is -4.64. The minimum absolute atomic E-state index is 0.238. The summed E-state index contributed by atoms with van der Waals surface area (Å²) in [5.74, 6) is 0.254. The predicted octanol–water partition coefficient (Wildman–Crippen LogP) is 4.51. The first-order valence-corrected chi connectivity index (χ1v) is 14.2. The Kier molecular flexibility index (Phi) is 17.9. The van der Waals surface area contributed by atoms with Crippen LogP contribution in [0.4, 0.5) is 17.3 Å². The molecule has 2 heterocycles. The van der Waals surface area contributed by atoms with Crippen LogP contribution in [0.15, 0.2) is 91.8 Å². The maximum atomic E-state index is 11.7. The van der Waals surface area contributed by atoms with E-state index in [-0.39, 0.29) is 5.91 Å². The van der Waals surface area contributed by atoms with E-state index in [1.807, 2.05) is 12.2 Å². The summed E-state index contributed by atoms with van der Waals surface area (Å²) in [7, 11) is 4.16. The molecule has 1 aliphatic heterocycles. The third kappa shape index (κ3) is 11.9. The third-order valence-electron chi connectivity index (χ3n) is 6.53. The topological polar surface area (TPSA) is 131 Å². The average Bonchev–Trinajstić information content (AvgIpc) is 3.07. The van der Waals surface area contributed by atoms with Gasteiger partial charge >= 0.3 is 0 Å². The summed E-state index contributed by atoms with van der Waals surface area (Å²) < 4.78 is 0. The fourth-order valence-electron chi connectivity index (χ4n) is 4.24. The molecule has 10 nitrogen and oxygen atoms in total. The maximum Gasteiger partial charge on any atom is 0.247 e.